The molecule has 3 nitrogen and oxygen atoms in total. The summed E-state index contributed by atoms with van der Waals surface area (Å²) in [5, 5.41) is 2.60. The number of carbonyl (C=O) groups is 1. The van der Waals surface area contributed by atoms with Crippen LogP contribution in [0.1, 0.15) is 12.8 Å². The van der Waals surface area contributed by atoms with Crippen LogP contribution in [0, 0.1) is 5.41 Å². The third-order valence-electron chi connectivity index (χ3n) is 1.95. The van der Waals surface area contributed by atoms with Crippen molar-refractivity contribution in [3.05, 3.63) is 0 Å². The lowest BCUT2D eigenvalue weighted by molar-refractivity contribution is -0.125. The summed E-state index contributed by atoms with van der Waals surface area (Å²) in [6.07, 6.45) is 1.92. The Labute approximate surface area is 66.8 Å². The molecule has 0 radical (unpaired) electrons. The van der Waals surface area contributed by atoms with Gasteiger partial charge in [-0.2, -0.15) is 0 Å². The van der Waals surface area contributed by atoms with Crippen LogP contribution in [0.25, 0.3) is 0 Å². The van der Waals surface area contributed by atoms with E-state index in [1.807, 2.05) is 0 Å². The summed E-state index contributed by atoms with van der Waals surface area (Å²) < 4.78 is 0. The summed E-state index contributed by atoms with van der Waals surface area (Å²) in [5.41, 5.74) is 5.21. The van der Waals surface area contributed by atoms with Crippen molar-refractivity contribution in [3.8, 4) is 0 Å². The minimum Gasteiger partial charge on any atom is -0.359 e. The molecule has 3 N–H and O–H groups in total. The largest absolute Gasteiger partial charge is 0.359 e. The van der Waals surface area contributed by atoms with E-state index in [2.05, 4.69) is 5.32 Å². The predicted octanol–water partition coefficient (Wildman–Crippen LogP) is -0.107. The van der Waals surface area contributed by atoms with E-state index in [4.69, 9.17) is 5.73 Å². The highest BCUT2D eigenvalue weighted by Crippen LogP contribution is 2.44. The Balaban J connectivity index is 0.000000810. The van der Waals surface area contributed by atoms with Crippen LogP contribution in [0.5, 0.6) is 0 Å². The Bertz CT molecular complexity index is 134. The van der Waals surface area contributed by atoms with E-state index in [-0.39, 0.29) is 23.7 Å². The van der Waals surface area contributed by atoms with Gasteiger partial charge in [-0.15, -0.1) is 12.4 Å². The third-order valence-corrected chi connectivity index (χ3v) is 1.95. The van der Waals surface area contributed by atoms with Gasteiger partial charge in [0.05, 0.1) is 5.41 Å². The lowest BCUT2D eigenvalue weighted by Crippen LogP contribution is -2.34. The maximum absolute atomic E-state index is 10.9. The van der Waals surface area contributed by atoms with E-state index >= 15 is 0 Å². The SMILES string of the molecule is CNC(=O)C1(CN)CC1.Cl. The second-order valence-corrected chi connectivity index (χ2v) is 2.56. The summed E-state index contributed by atoms with van der Waals surface area (Å²) in [5.74, 6) is 0.102. The zero-order chi connectivity index (χ0) is 6.91. The average Bonchev–Trinajstić information content (AvgIpc) is 2.66. The molecule has 1 aliphatic carbocycles. The van der Waals surface area contributed by atoms with Crippen molar-refractivity contribution in [2.24, 2.45) is 11.1 Å². The molecule has 0 atom stereocenters. The molecule has 0 aromatic carbocycles. The second-order valence-electron chi connectivity index (χ2n) is 2.56. The van der Waals surface area contributed by atoms with Crippen LogP contribution in [-0.2, 0) is 4.79 Å². The number of amides is 1. The fourth-order valence-corrected chi connectivity index (χ4v) is 0.940. The van der Waals surface area contributed by atoms with Crippen molar-refractivity contribution in [3.63, 3.8) is 0 Å². The number of rotatable bonds is 2. The van der Waals surface area contributed by atoms with E-state index < -0.39 is 0 Å². The van der Waals surface area contributed by atoms with Crippen molar-refractivity contribution in [1.82, 2.24) is 5.32 Å². The number of halogens is 1. The van der Waals surface area contributed by atoms with Crippen LogP contribution in [-0.4, -0.2) is 19.5 Å². The molecular weight excluding hydrogens is 152 g/mol. The van der Waals surface area contributed by atoms with Crippen LogP contribution in [0.2, 0.25) is 0 Å². The maximum atomic E-state index is 10.9. The topological polar surface area (TPSA) is 55.1 Å². The van der Waals surface area contributed by atoms with Crippen molar-refractivity contribution in [2.75, 3.05) is 13.6 Å². The molecule has 0 bridgehead atoms. The third kappa shape index (κ3) is 1.41. The fourth-order valence-electron chi connectivity index (χ4n) is 0.940. The van der Waals surface area contributed by atoms with E-state index in [0.29, 0.717) is 6.54 Å². The van der Waals surface area contributed by atoms with Crippen LogP contribution in [0.4, 0.5) is 0 Å². The Morgan fingerprint density at radius 2 is 2.20 bits per heavy atom. The molecule has 1 fully saturated rings. The van der Waals surface area contributed by atoms with E-state index in [1.54, 1.807) is 7.05 Å². The molecule has 0 aromatic heterocycles. The molecule has 0 heterocycles. The number of nitrogens with two attached hydrogens (primary N) is 1. The first kappa shape index (κ1) is 9.72. The highest BCUT2D eigenvalue weighted by atomic mass is 35.5. The summed E-state index contributed by atoms with van der Waals surface area (Å²) in [7, 11) is 1.65. The smallest absolute Gasteiger partial charge is 0.227 e. The van der Waals surface area contributed by atoms with E-state index in [9.17, 15) is 4.79 Å². The van der Waals surface area contributed by atoms with E-state index in [0.717, 1.165) is 12.8 Å². The van der Waals surface area contributed by atoms with Gasteiger partial charge in [-0.3, -0.25) is 4.79 Å². The standard InChI is InChI=1S/C6H12N2O.ClH/c1-8-5(9)6(4-7)2-3-6;/h2-4,7H2,1H3,(H,8,9);1H. The molecule has 1 aliphatic rings. The lowest BCUT2D eigenvalue weighted by Gasteiger charge is -2.08. The normalized spacial score (nSPS) is 19.0. The average molecular weight is 165 g/mol. The molecule has 10 heavy (non-hydrogen) atoms. The van der Waals surface area contributed by atoms with Gasteiger partial charge in [-0.05, 0) is 12.8 Å². The molecule has 0 aromatic rings. The van der Waals surface area contributed by atoms with Gasteiger partial charge in [0.2, 0.25) is 5.91 Å². The van der Waals surface area contributed by atoms with Crippen LogP contribution in [0.3, 0.4) is 0 Å². The number of hydrogen-bond donors (Lipinski definition) is 2. The van der Waals surface area contributed by atoms with Crippen molar-refractivity contribution in [2.45, 2.75) is 12.8 Å². The Hall–Kier alpha value is -0.280. The van der Waals surface area contributed by atoms with Gasteiger partial charge in [-0.1, -0.05) is 0 Å². The second kappa shape index (κ2) is 3.21. The van der Waals surface area contributed by atoms with Gasteiger partial charge < -0.3 is 11.1 Å². The highest BCUT2D eigenvalue weighted by Gasteiger charge is 2.47. The van der Waals surface area contributed by atoms with Crippen LogP contribution in [0.15, 0.2) is 0 Å². The van der Waals surface area contributed by atoms with Gasteiger partial charge in [-0.25, -0.2) is 0 Å². The molecule has 0 aliphatic heterocycles. The van der Waals surface area contributed by atoms with E-state index in [1.165, 1.54) is 0 Å². The zero-order valence-corrected chi connectivity index (χ0v) is 6.83. The molecule has 60 valence electrons. The summed E-state index contributed by atoms with van der Waals surface area (Å²) >= 11 is 0. The fraction of sp³-hybridized carbons (Fsp3) is 0.833. The molecule has 4 heteroatoms. The predicted molar refractivity (Wildman–Crippen MR) is 42.0 cm³/mol. The first-order chi connectivity index (χ1) is 4.25. The van der Waals surface area contributed by atoms with Gasteiger partial charge in [0, 0.05) is 13.6 Å². The van der Waals surface area contributed by atoms with Crippen molar-refractivity contribution < 1.29 is 4.79 Å². The molecule has 1 rings (SSSR count). The number of nitrogens with one attached hydrogen (secondary N) is 1. The molecule has 1 saturated carbocycles. The van der Waals surface area contributed by atoms with Crippen molar-refractivity contribution in [1.29, 1.82) is 0 Å². The zero-order valence-electron chi connectivity index (χ0n) is 6.02. The molecule has 1 amide bonds. The van der Waals surface area contributed by atoms with Crippen LogP contribution >= 0.6 is 12.4 Å². The minimum absolute atomic E-state index is 0. The lowest BCUT2D eigenvalue weighted by atomic mass is 10.1. The Morgan fingerprint density at radius 3 is 2.30 bits per heavy atom. The Kier molecular flexibility index (Phi) is 3.12. The van der Waals surface area contributed by atoms with Gasteiger partial charge in [0.25, 0.3) is 0 Å². The number of hydrogen-bond acceptors (Lipinski definition) is 2. The molecule has 0 saturated heterocycles. The van der Waals surface area contributed by atoms with Gasteiger partial charge in [0.15, 0.2) is 0 Å². The summed E-state index contributed by atoms with van der Waals surface area (Å²) in [6, 6.07) is 0. The molecule has 0 unspecified atom stereocenters. The van der Waals surface area contributed by atoms with Crippen molar-refractivity contribution >= 4 is 18.3 Å². The summed E-state index contributed by atoms with van der Waals surface area (Å²) in [6.45, 7) is 0.493. The quantitative estimate of drug-likeness (QED) is 0.599. The first-order valence-electron chi connectivity index (χ1n) is 3.17. The summed E-state index contributed by atoms with van der Waals surface area (Å²) in [4.78, 5) is 10.9. The monoisotopic (exact) mass is 164 g/mol. The van der Waals surface area contributed by atoms with Gasteiger partial charge in [0.1, 0.15) is 0 Å². The minimum atomic E-state index is -0.172. The molecular formula is C6H13ClN2O. The number of carbonyl (C=O) groups excluding carboxylic acids is 1. The first-order valence-corrected chi connectivity index (χ1v) is 3.17. The van der Waals surface area contributed by atoms with Crippen LogP contribution < -0.4 is 11.1 Å². The highest BCUT2D eigenvalue weighted by molar-refractivity contribution is 5.85. The van der Waals surface area contributed by atoms with Gasteiger partial charge >= 0.3 is 0 Å². The Morgan fingerprint density at radius 1 is 1.70 bits per heavy atom. The maximum Gasteiger partial charge on any atom is 0.227 e. The molecule has 0 spiro atoms.